The van der Waals surface area contributed by atoms with Crippen molar-refractivity contribution < 1.29 is 45.3 Å². The molecule has 308 valence electrons. The third kappa shape index (κ3) is 12.3. The second-order valence-corrected chi connectivity index (χ2v) is 15.7. The first-order chi connectivity index (χ1) is 25.9. The maximum Gasteiger partial charge on any atom is 0.416 e. The normalized spacial score (nSPS) is 22.3. The smallest absolute Gasteiger partial charge is 0.416 e. The quantitative estimate of drug-likeness (QED) is 0.339. The van der Waals surface area contributed by atoms with E-state index in [1.165, 1.54) is 12.1 Å². The van der Waals surface area contributed by atoms with E-state index in [9.17, 15) is 31.1 Å². The highest BCUT2D eigenvalue weighted by molar-refractivity contribution is 5.68. The number of piperazine rings is 2. The largest absolute Gasteiger partial charge is 0.444 e. The Balaban J connectivity index is 0.000000218. The van der Waals surface area contributed by atoms with Crippen LogP contribution < -0.4 is 15.1 Å². The fourth-order valence-corrected chi connectivity index (χ4v) is 7.37. The zero-order chi connectivity index (χ0) is 40.0. The molecule has 1 amide bonds. The number of hydrogen-bond acceptors (Lipinski definition) is 9. The topological polar surface area (TPSA) is 73.0 Å². The number of amides is 1. The molecule has 6 rings (SSSR count). The number of morpholine rings is 2. The summed E-state index contributed by atoms with van der Waals surface area (Å²) in [6.45, 7) is 18.2. The molecule has 0 aromatic heterocycles. The molecule has 4 aliphatic heterocycles. The van der Waals surface area contributed by atoms with Crippen molar-refractivity contribution in [3.8, 4) is 0 Å². The molecule has 2 aromatic rings. The SMILES string of the molecule is C[C@@H]1CN(Cc2ccc(N3CCOCC3)cc2C(F)(F)F)CCN1.C[C@@H]1CN(Cc2ccc(N3CCOCC3)cc2C(F)(F)F)CCN1C(=O)OC(C)(C)C. The molecule has 1 N–H and O–H groups in total. The lowest BCUT2D eigenvalue weighted by atomic mass is 10.0. The second kappa shape index (κ2) is 18.3. The molecule has 4 fully saturated rings. The van der Waals surface area contributed by atoms with Crippen LogP contribution in [0.1, 0.15) is 56.9 Å². The van der Waals surface area contributed by atoms with Crippen LogP contribution in [0.5, 0.6) is 0 Å². The Morgan fingerprint density at radius 3 is 1.60 bits per heavy atom. The Bertz CT molecular complexity index is 1560. The zero-order valence-electron chi connectivity index (χ0n) is 32.6. The van der Waals surface area contributed by atoms with E-state index >= 15 is 0 Å². The Kier molecular flexibility index (Phi) is 14.3. The molecule has 10 nitrogen and oxygen atoms in total. The predicted molar refractivity (Wildman–Crippen MR) is 199 cm³/mol. The molecule has 2 atom stereocenters. The number of anilines is 2. The van der Waals surface area contributed by atoms with E-state index < -0.39 is 29.1 Å². The highest BCUT2D eigenvalue weighted by Gasteiger charge is 2.37. The summed E-state index contributed by atoms with van der Waals surface area (Å²) in [4.78, 5) is 22.0. The van der Waals surface area contributed by atoms with E-state index in [0.29, 0.717) is 102 Å². The highest BCUT2D eigenvalue weighted by Crippen LogP contribution is 2.37. The molecule has 4 saturated heterocycles. The van der Waals surface area contributed by atoms with Gasteiger partial charge in [0.15, 0.2) is 0 Å². The van der Waals surface area contributed by atoms with Gasteiger partial charge in [-0.25, -0.2) is 4.79 Å². The van der Waals surface area contributed by atoms with Crippen molar-refractivity contribution in [2.75, 3.05) is 102 Å². The van der Waals surface area contributed by atoms with Crippen LogP contribution >= 0.6 is 0 Å². The van der Waals surface area contributed by atoms with Gasteiger partial charge in [0.25, 0.3) is 0 Å². The van der Waals surface area contributed by atoms with Gasteiger partial charge in [-0.3, -0.25) is 9.80 Å². The number of nitrogens with one attached hydrogen (secondary N) is 1. The number of ether oxygens (including phenoxy) is 3. The van der Waals surface area contributed by atoms with E-state index in [4.69, 9.17) is 14.2 Å². The number of nitrogens with zero attached hydrogens (tertiary/aromatic N) is 5. The molecule has 0 unspecified atom stereocenters. The molecule has 0 bridgehead atoms. The van der Waals surface area contributed by atoms with Crippen molar-refractivity contribution in [2.45, 2.75) is 77.7 Å². The third-order valence-corrected chi connectivity index (χ3v) is 10.1. The maximum absolute atomic E-state index is 13.8. The first kappa shape index (κ1) is 42.8. The molecule has 4 heterocycles. The first-order valence-electron chi connectivity index (χ1n) is 19.1. The van der Waals surface area contributed by atoms with Crippen molar-refractivity contribution in [3.05, 3.63) is 58.7 Å². The lowest BCUT2D eigenvalue weighted by molar-refractivity contribution is -0.139. The van der Waals surface area contributed by atoms with Crippen LogP contribution in [0.15, 0.2) is 36.4 Å². The minimum absolute atomic E-state index is 0.148. The number of rotatable bonds is 6. The summed E-state index contributed by atoms with van der Waals surface area (Å²) in [7, 11) is 0. The Morgan fingerprint density at radius 2 is 1.18 bits per heavy atom. The van der Waals surface area contributed by atoms with E-state index in [2.05, 4.69) is 17.1 Å². The number of alkyl halides is 6. The van der Waals surface area contributed by atoms with E-state index in [-0.39, 0.29) is 24.2 Å². The Morgan fingerprint density at radius 1 is 0.709 bits per heavy atom. The first-order valence-corrected chi connectivity index (χ1v) is 19.1. The summed E-state index contributed by atoms with van der Waals surface area (Å²) >= 11 is 0. The van der Waals surface area contributed by atoms with Gasteiger partial charge in [0.05, 0.1) is 37.6 Å². The van der Waals surface area contributed by atoms with Crippen molar-refractivity contribution in [3.63, 3.8) is 0 Å². The fourth-order valence-electron chi connectivity index (χ4n) is 7.37. The summed E-state index contributed by atoms with van der Waals surface area (Å²) in [5.41, 5.74) is 0.107. The van der Waals surface area contributed by atoms with E-state index in [0.717, 1.165) is 19.6 Å². The number of carbonyl (C=O) groups excluding carboxylic acids is 1. The molecule has 0 spiro atoms. The molecular weight excluding hydrogens is 730 g/mol. The van der Waals surface area contributed by atoms with Gasteiger partial charge in [0, 0.05) is 102 Å². The Hall–Kier alpha value is -3.31. The van der Waals surface area contributed by atoms with Crippen LogP contribution in [0.25, 0.3) is 0 Å². The van der Waals surface area contributed by atoms with Gasteiger partial charge in [-0.2, -0.15) is 26.3 Å². The molecule has 16 heteroatoms. The van der Waals surface area contributed by atoms with Crippen molar-refractivity contribution in [2.24, 2.45) is 0 Å². The summed E-state index contributed by atoms with van der Waals surface area (Å²) in [5.74, 6) is 0. The second-order valence-electron chi connectivity index (χ2n) is 15.7. The maximum atomic E-state index is 13.8. The van der Waals surface area contributed by atoms with Gasteiger partial charge in [0.1, 0.15) is 5.60 Å². The average molecular weight is 787 g/mol. The summed E-state index contributed by atoms with van der Waals surface area (Å²) in [6, 6.07) is 9.50. The molecule has 4 aliphatic rings. The summed E-state index contributed by atoms with van der Waals surface area (Å²) in [6.07, 6.45) is -9.15. The molecule has 0 aliphatic carbocycles. The van der Waals surface area contributed by atoms with Crippen LogP contribution in [0.4, 0.5) is 42.5 Å². The zero-order valence-corrected chi connectivity index (χ0v) is 32.6. The van der Waals surface area contributed by atoms with Crippen LogP contribution in [-0.2, 0) is 39.7 Å². The minimum atomic E-state index is -4.43. The van der Waals surface area contributed by atoms with Gasteiger partial charge in [-0.15, -0.1) is 0 Å². The minimum Gasteiger partial charge on any atom is -0.444 e. The number of carbonyl (C=O) groups is 1. The number of hydrogen-bond donors (Lipinski definition) is 1. The summed E-state index contributed by atoms with van der Waals surface area (Å²) in [5, 5.41) is 3.31. The van der Waals surface area contributed by atoms with Gasteiger partial charge < -0.3 is 34.2 Å². The van der Waals surface area contributed by atoms with Crippen LogP contribution in [-0.4, -0.2) is 130 Å². The van der Waals surface area contributed by atoms with E-state index in [1.54, 1.807) is 23.1 Å². The van der Waals surface area contributed by atoms with Gasteiger partial charge in [-0.1, -0.05) is 12.1 Å². The monoisotopic (exact) mass is 786 g/mol. The predicted octanol–water partition coefficient (Wildman–Crippen LogP) is 6.32. The lowest BCUT2D eigenvalue weighted by Gasteiger charge is -2.40. The fraction of sp³-hybridized carbons (Fsp3) is 0.667. The van der Waals surface area contributed by atoms with Crippen molar-refractivity contribution in [1.82, 2.24) is 20.0 Å². The lowest BCUT2D eigenvalue weighted by Crippen LogP contribution is -2.54. The van der Waals surface area contributed by atoms with Crippen LogP contribution in [0.2, 0.25) is 0 Å². The average Bonchev–Trinajstić information content (AvgIpc) is 3.11. The number of benzene rings is 2. The molecule has 2 aromatic carbocycles. The van der Waals surface area contributed by atoms with Crippen molar-refractivity contribution in [1.29, 1.82) is 0 Å². The number of halogens is 6. The Labute approximate surface area is 320 Å². The van der Waals surface area contributed by atoms with Gasteiger partial charge >= 0.3 is 18.4 Å². The van der Waals surface area contributed by atoms with Crippen molar-refractivity contribution >= 4 is 17.5 Å². The molecule has 0 radical (unpaired) electrons. The molecule has 55 heavy (non-hydrogen) atoms. The van der Waals surface area contributed by atoms with E-state index in [1.807, 2.05) is 48.5 Å². The highest BCUT2D eigenvalue weighted by atomic mass is 19.4. The molecular formula is C39H56F6N6O4. The summed E-state index contributed by atoms with van der Waals surface area (Å²) < 4.78 is 98.1. The van der Waals surface area contributed by atoms with Crippen LogP contribution in [0.3, 0.4) is 0 Å². The van der Waals surface area contributed by atoms with Crippen LogP contribution in [0, 0.1) is 0 Å². The van der Waals surface area contributed by atoms with Gasteiger partial charge in [0.2, 0.25) is 0 Å². The third-order valence-electron chi connectivity index (χ3n) is 10.1. The van der Waals surface area contributed by atoms with Gasteiger partial charge in [-0.05, 0) is 70.0 Å². The standard InChI is InChI=1S/C22H32F3N3O3.C17H24F3N3O/c1-16-14-26(7-8-28(16)20(29)31-21(2,3)4)15-17-5-6-18(13-19(17)22(23,24)25)27-9-11-30-12-10-27;1-13-11-22(5-4-21-13)12-14-2-3-15(10-16(14)17(18,19)20)23-6-8-24-9-7-23/h5-6,13,16H,7-12,14-15H2,1-4H3;2-3,10,13,21H,4-9,11-12H2,1H3/t16-;13-/m11/s1. The molecule has 0 saturated carbocycles.